The fraction of sp³-hybridized carbons (Fsp3) is 0.444. The Morgan fingerprint density at radius 3 is 2.50 bits per heavy atom. The predicted molar refractivity (Wildman–Crippen MR) is 95.0 cm³/mol. The van der Waals surface area contributed by atoms with Crippen LogP contribution in [0.3, 0.4) is 0 Å². The lowest BCUT2D eigenvalue weighted by atomic mass is 9.94. The quantitative estimate of drug-likeness (QED) is 0.855. The van der Waals surface area contributed by atoms with Crippen molar-refractivity contribution in [3.8, 4) is 11.3 Å². The van der Waals surface area contributed by atoms with Crippen LogP contribution in [-0.4, -0.2) is 42.3 Å². The van der Waals surface area contributed by atoms with E-state index in [1.807, 2.05) is 24.3 Å². The summed E-state index contributed by atoms with van der Waals surface area (Å²) in [6.07, 6.45) is 4.00. The van der Waals surface area contributed by atoms with Crippen molar-refractivity contribution in [1.82, 2.24) is 14.5 Å². The van der Waals surface area contributed by atoms with Crippen molar-refractivity contribution in [3.63, 3.8) is 0 Å². The summed E-state index contributed by atoms with van der Waals surface area (Å²) in [5.74, 6) is 0.313. The number of aromatic nitrogens is 2. The van der Waals surface area contributed by atoms with Gasteiger partial charge in [0, 0.05) is 18.7 Å². The van der Waals surface area contributed by atoms with E-state index in [0.29, 0.717) is 19.0 Å². The molecule has 5 nitrogen and oxygen atoms in total. The first-order valence-corrected chi connectivity index (χ1v) is 10.1. The second kappa shape index (κ2) is 6.99. The fourth-order valence-electron chi connectivity index (χ4n) is 3.14. The van der Waals surface area contributed by atoms with Crippen LogP contribution < -0.4 is 0 Å². The van der Waals surface area contributed by atoms with Gasteiger partial charge in [-0.2, -0.15) is 10.2 Å². The minimum atomic E-state index is -3.10. The van der Waals surface area contributed by atoms with E-state index >= 15 is 0 Å². The van der Waals surface area contributed by atoms with Gasteiger partial charge in [0.05, 0.1) is 17.6 Å². The van der Waals surface area contributed by atoms with Gasteiger partial charge in [0.1, 0.15) is 0 Å². The molecule has 1 fully saturated rings. The van der Waals surface area contributed by atoms with Crippen LogP contribution in [0.5, 0.6) is 0 Å². The van der Waals surface area contributed by atoms with E-state index in [-0.39, 0.29) is 0 Å². The van der Waals surface area contributed by atoms with Crippen LogP contribution >= 0.6 is 0 Å². The highest BCUT2D eigenvalue weighted by Gasteiger charge is 2.26. The minimum Gasteiger partial charge on any atom is -0.213 e. The van der Waals surface area contributed by atoms with Crippen molar-refractivity contribution in [1.29, 1.82) is 0 Å². The molecule has 1 aliphatic heterocycles. The Kier molecular flexibility index (Phi) is 4.96. The molecule has 3 rings (SSSR count). The van der Waals surface area contributed by atoms with Gasteiger partial charge < -0.3 is 0 Å². The van der Waals surface area contributed by atoms with Gasteiger partial charge >= 0.3 is 0 Å². The highest BCUT2D eigenvalue weighted by molar-refractivity contribution is 7.88. The summed E-state index contributed by atoms with van der Waals surface area (Å²) in [5, 5.41) is 8.67. The fourth-order valence-corrected chi connectivity index (χ4v) is 4.08. The Morgan fingerprint density at radius 2 is 1.88 bits per heavy atom. The van der Waals surface area contributed by atoms with E-state index in [4.69, 9.17) is 0 Å². The molecule has 1 aromatic carbocycles. The molecule has 1 aliphatic rings. The number of rotatable bonds is 4. The molecule has 1 atom stereocenters. The van der Waals surface area contributed by atoms with Crippen molar-refractivity contribution < 1.29 is 8.42 Å². The molecule has 128 valence electrons. The molecule has 6 heteroatoms. The molecule has 0 spiro atoms. The number of piperidine rings is 1. The number of hydrogen-bond acceptors (Lipinski definition) is 4. The molecule has 0 aliphatic carbocycles. The van der Waals surface area contributed by atoms with Crippen molar-refractivity contribution in [2.75, 3.05) is 19.3 Å². The summed E-state index contributed by atoms with van der Waals surface area (Å²) in [6, 6.07) is 12.2. The van der Waals surface area contributed by atoms with Crippen LogP contribution in [0.1, 0.15) is 24.1 Å². The second-order valence-corrected chi connectivity index (χ2v) is 8.59. The Morgan fingerprint density at radius 1 is 1.12 bits per heavy atom. The van der Waals surface area contributed by atoms with Crippen LogP contribution in [-0.2, 0) is 16.4 Å². The van der Waals surface area contributed by atoms with Crippen LogP contribution in [0.15, 0.2) is 36.4 Å². The first-order chi connectivity index (χ1) is 11.4. The van der Waals surface area contributed by atoms with Crippen molar-refractivity contribution in [2.45, 2.75) is 26.2 Å². The summed E-state index contributed by atoms with van der Waals surface area (Å²) >= 11 is 0. The standard InChI is InChI=1S/C18H23N3O2S/c1-14-5-7-16(8-6-14)18-10-9-17(19-20-18)12-15-4-3-11-21(13-15)24(2,22)23/h5-10,15H,3-4,11-13H2,1-2H3/t15-/m0/s1. The van der Waals surface area contributed by atoms with E-state index in [2.05, 4.69) is 29.3 Å². The molecular weight excluding hydrogens is 322 g/mol. The average Bonchev–Trinajstić information content (AvgIpc) is 2.56. The third kappa shape index (κ3) is 4.19. The maximum absolute atomic E-state index is 11.7. The lowest BCUT2D eigenvalue weighted by Crippen LogP contribution is -2.39. The zero-order chi connectivity index (χ0) is 17.2. The molecule has 0 bridgehead atoms. The minimum absolute atomic E-state index is 0.313. The SMILES string of the molecule is Cc1ccc(-c2ccc(C[C@@H]3CCCN(S(C)(=O)=O)C3)nn2)cc1. The van der Waals surface area contributed by atoms with Crippen LogP contribution in [0, 0.1) is 12.8 Å². The third-order valence-corrected chi connectivity index (χ3v) is 5.79. The van der Waals surface area contributed by atoms with Gasteiger partial charge in [-0.25, -0.2) is 12.7 Å². The summed E-state index contributed by atoms with van der Waals surface area (Å²) in [4.78, 5) is 0. The third-order valence-electron chi connectivity index (χ3n) is 4.52. The number of aryl methyl sites for hydroxylation is 1. The number of nitrogens with zero attached hydrogens (tertiary/aromatic N) is 3. The maximum atomic E-state index is 11.7. The molecule has 1 saturated heterocycles. The normalized spacial score (nSPS) is 19.3. The molecule has 0 radical (unpaired) electrons. The topological polar surface area (TPSA) is 63.2 Å². The highest BCUT2D eigenvalue weighted by Crippen LogP contribution is 2.22. The predicted octanol–water partition coefficient (Wildman–Crippen LogP) is 2.67. The molecule has 0 saturated carbocycles. The summed E-state index contributed by atoms with van der Waals surface area (Å²) in [5.41, 5.74) is 4.06. The van der Waals surface area contributed by atoms with Crippen molar-refractivity contribution >= 4 is 10.0 Å². The van der Waals surface area contributed by atoms with E-state index in [9.17, 15) is 8.42 Å². The number of benzene rings is 1. The van der Waals surface area contributed by atoms with Gasteiger partial charge in [-0.15, -0.1) is 0 Å². The molecule has 0 N–H and O–H groups in total. The van der Waals surface area contributed by atoms with Gasteiger partial charge in [-0.1, -0.05) is 29.8 Å². The Balaban J connectivity index is 1.67. The molecule has 0 amide bonds. The first kappa shape index (κ1) is 17.0. The van der Waals surface area contributed by atoms with Crippen LogP contribution in [0.25, 0.3) is 11.3 Å². The van der Waals surface area contributed by atoms with Crippen molar-refractivity contribution in [2.24, 2.45) is 5.92 Å². The van der Waals surface area contributed by atoms with Crippen LogP contribution in [0.4, 0.5) is 0 Å². The van der Waals surface area contributed by atoms with E-state index in [0.717, 1.165) is 36.2 Å². The van der Waals surface area contributed by atoms with Gasteiger partial charge in [0.2, 0.25) is 10.0 Å². The summed E-state index contributed by atoms with van der Waals surface area (Å²) in [7, 11) is -3.10. The second-order valence-electron chi connectivity index (χ2n) is 6.61. The largest absolute Gasteiger partial charge is 0.213 e. The van der Waals surface area contributed by atoms with E-state index in [1.165, 1.54) is 11.8 Å². The van der Waals surface area contributed by atoms with Gasteiger partial charge in [0.15, 0.2) is 0 Å². The molecule has 0 unspecified atom stereocenters. The van der Waals surface area contributed by atoms with Gasteiger partial charge in [-0.3, -0.25) is 0 Å². The smallest absolute Gasteiger partial charge is 0.211 e. The molecule has 2 aromatic rings. The van der Waals surface area contributed by atoms with E-state index in [1.54, 1.807) is 4.31 Å². The molecule has 24 heavy (non-hydrogen) atoms. The lowest BCUT2D eigenvalue weighted by Gasteiger charge is -2.30. The molecular formula is C18H23N3O2S. The Labute approximate surface area is 143 Å². The summed E-state index contributed by atoms with van der Waals surface area (Å²) in [6.45, 7) is 3.27. The maximum Gasteiger partial charge on any atom is 0.211 e. The molecule has 2 heterocycles. The summed E-state index contributed by atoms with van der Waals surface area (Å²) < 4.78 is 25.0. The zero-order valence-corrected chi connectivity index (χ0v) is 15.0. The van der Waals surface area contributed by atoms with E-state index < -0.39 is 10.0 Å². The lowest BCUT2D eigenvalue weighted by molar-refractivity contribution is 0.265. The Bertz CT molecular complexity index is 786. The average molecular weight is 345 g/mol. The Hall–Kier alpha value is -1.79. The van der Waals surface area contributed by atoms with Crippen LogP contribution in [0.2, 0.25) is 0 Å². The van der Waals surface area contributed by atoms with Gasteiger partial charge in [0.25, 0.3) is 0 Å². The number of hydrogen-bond donors (Lipinski definition) is 0. The first-order valence-electron chi connectivity index (χ1n) is 8.26. The van der Waals surface area contributed by atoms with Crippen molar-refractivity contribution in [3.05, 3.63) is 47.7 Å². The molecule has 1 aromatic heterocycles. The zero-order valence-electron chi connectivity index (χ0n) is 14.1. The highest BCUT2D eigenvalue weighted by atomic mass is 32.2. The number of sulfonamides is 1. The monoisotopic (exact) mass is 345 g/mol. The van der Waals surface area contributed by atoms with Gasteiger partial charge in [-0.05, 0) is 44.2 Å².